The van der Waals surface area contributed by atoms with Crippen LogP contribution in [0, 0.1) is 11.3 Å². The molecule has 3 rings (SSSR count). The maximum Gasteiger partial charge on any atom is 0.0972 e. The van der Waals surface area contributed by atoms with E-state index in [1.165, 1.54) is 5.39 Å². The van der Waals surface area contributed by atoms with E-state index in [-0.39, 0.29) is 5.92 Å². The number of fused-ring (bicyclic) bond motifs is 1. The molecule has 1 aromatic heterocycles. The molecule has 0 radical (unpaired) electrons. The highest BCUT2D eigenvalue weighted by molar-refractivity contribution is 5.84. The average Bonchev–Trinajstić information content (AvgIpc) is 2.82. The van der Waals surface area contributed by atoms with Gasteiger partial charge in [0.05, 0.1) is 11.6 Å². The van der Waals surface area contributed by atoms with Gasteiger partial charge in [-0.1, -0.05) is 24.3 Å². The lowest BCUT2D eigenvalue weighted by Crippen LogP contribution is -2.08. The zero-order chi connectivity index (χ0) is 11.7. The highest BCUT2D eigenvalue weighted by atomic mass is 14.8. The number of hydrogen-bond acceptors (Lipinski definition) is 2. The number of nitrogens with one attached hydrogen (secondary N) is 2. The second-order valence-corrected chi connectivity index (χ2v) is 4.00. The smallest absolute Gasteiger partial charge is 0.0972 e. The van der Waals surface area contributed by atoms with Crippen molar-refractivity contribution >= 4 is 10.9 Å². The fourth-order valence-corrected chi connectivity index (χ4v) is 2.21. The Balaban J connectivity index is 2.16. The van der Waals surface area contributed by atoms with Crippen LogP contribution in [-0.4, -0.2) is 4.98 Å². The minimum absolute atomic E-state index is 0.0393. The van der Waals surface area contributed by atoms with Crippen LogP contribution in [0.15, 0.2) is 54.5 Å². The van der Waals surface area contributed by atoms with Crippen molar-refractivity contribution in [2.45, 2.75) is 5.92 Å². The van der Waals surface area contributed by atoms with E-state index >= 15 is 0 Å². The summed E-state index contributed by atoms with van der Waals surface area (Å²) in [4.78, 5) is 3.24. The molecular weight excluding hydrogens is 210 g/mol. The molecule has 0 saturated carbocycles. The molecule has 2 N–H and O–H groups in total. The summed E-state index contributed by atoms with van der Waals surface area (Å²) in [5.74, 6) is 0.0393. The van der Waals surface area contributed by atoms with Gasteiger partial charge in [-0.05, 0) is 17.8 Å². The van der Waals surface area contributed by atoms with Crippen LogP contribution < -0.4 is 5.32 Å². The molecule has 1 aliphatic rings. The number of aromatic amines is 1. The summed E-state index contributed by atoms with van der Waals surface area (Å²) in [6.45, 7) is 0. The topological polar surface area (TPSA) is 51.6 Å². The number of dihydropyridines is 1. The third kappa shape index (κ3) is 1.51. The Bertz CT molecular complexity index is 655. The van der Waals surface area contributed by atoms with Gasteiger partial charge in [-0.3, -0.25) is 0 Å². The quantitative estimate of drug-likeness (QED) is 0.778. The fraction of sp³-hybridized carbons (Fsp3) is 0.0714. The molecule has 1 atom stereocenters. The number of aromatic nitrogens is 1. The predicted octanol–water partition coefficient (Wildman–Crippen LogP) is 2.78. The van der Waals surface area contributed by atoms with Gasteiger partial charge in [0.15, 0.2) is 0 Å². The molecule has 3 heteroatoms. The van der Waals surface area contributed by atoms with Gasteiger partial charge in [-0.15, -0.1) is 0 Å². The number of H-pyrrole nitrogens is 1. The van der Waals surface area contributed by atoms with Gasteiger partial charge >= 0.3 is 0 Å². The Labute approximate surface area is 99.1 Å². The minimum Gasteiger partial charge on any atom is -0.367 e. The largest absolute Gasteiger partial charge is 0.367 e. The van der Waals surface area contributed by atoms with Gasteiger partial charge in [-0.2, -0.15) is 5.26 Å². The molecule has 0 aliphatic carbocycles. The van der Waals surface area contributed by atoms with E-state index in [1.807, 2.05) is 36.7 Å². The van der Waals surface area contributed by atoms with E-state index in [1.54, 1.807) is 6.20 Å². The fourth-order valence-electron chi connectivity index (χ4n) is 2.21. The normalized spacial score (nSPS) is 18.5. The first-order chi connectivity index (χ1) is 8.40. The van der Waals surface area contributed by atoms with Crippen molar-refractivity contribution < 1.29 is 0 Å². The molecule has 2 aromatic rings. The molecular formula is C14H11N3. The van der Waals surface area contributed by atoms with Gasteiger partial charge in [-0.25, -0.2) is 0 Å². The number of rotatable bonds is 1. The number of benzene rings is 1. The van der Waals surface area contributed by atoms with Crippen LogP contribution in [0.5, 0.6) is 0 Å². The Morgan fingerprint density at radius 3 is 3.00 bits per heavy atom. The number of allylic oxidation sites excluding steroid dienone is 2. The Kier molecular flexibility index (Phi) is 2.20. The predicted molar refractivity (Wildman–Crippen MR) is 67.0 cm³/mol. The molecule has 0 fully saturated rings. The maximum absolute atomic E-state index is 9.13. The van der Waals surface area contributed by atoms with Gasteiger partial charge < -0.3 is 10.3 Å². The van der Waals surface area contributed by atoms with Crippen molar-refractivity contribution in [2.24, 2.45) is 0 Å². The van der Waals surface area contributed by atoms with E-state index in [0.29, 0.717) is 0 Å². The maximum atomic E-state index is 9.13. The summed E-state index contributed by atoms with van der Waals surface area (Å²) >= 11 is 0. The van der Waals surface area contributed by atoms with E-state index in [9.17, 15) is 0 Å². The Morgan fingerprint density at radius 2 is 2.12 bits per heavy atom. The first-order valence-corrected chi connectivity index (χ1v) is 5.49. The average molecular weight is 221 g/mol. The SMILES string of the molecule is N#CC1=CNC=CC1c1c[nH]c2ccccc12. The van der Waals surface area contributed by atoms with Crippen LogP contribution in [0.3, 0.4) is 0 Å². The molecule has 0 spiro atoms. The molecule has 0 amide bonds. The summed E-state index contributed by atoms with van der Waals surface area (Å²) in [6.07, 6.45) is 7.62. The lowest BCUT2D eigenvalue weighted by atomic mass is 9.91. The first-order valence-electron chi connectivity index (χ1n) is 5.49. The molecule has 1 aliphatic heterocycles. The van der Waals surface area contributed by atoms with Crippen molar-refractivity contribution in [1.29, 1.82) is 5.26 Å². The van der Waals surface area contributed by atoms with Gasteiger partial charge in [0.25, 0.3) is 0 Å². The van der Waals surface area contributed by atoms with E-state index in [2.05, 4.69) is 22.4 Å². The first kappa shape index (κ1) is 9.73. The van der Waals surface area contributed by atoms with Crippen LogP contribution in [-0.2, 0) is 0 Å². The summed E-state index contributed by atoms with van der Waals surface area (Å²) in [6, 6.07) is 10.4. The summed E-state index contributed by atoms with van der Waals surface area (Å²) in [5, 5.41) is 13.3. The van der Waals surface area contributed by atoms with Gasteiger partial charge in [0, 0.05) is 29.2 Å². The van der Waals surface area contributed by atoms with E-state index < -0.39 is 0 Å². The van der Waals surface area contributed by atoms with Crippen molar-refractivity contribution in [2.75, 3.05) is 0 Å². The molecule has 1 aromatic carbocycles. The summed E-state index contributed by atoms with van der Waals surface area (Å²) in [5.41, 5.74) is 2.98. The van der Waals surface area contributed by atoms with E-state index in [0.717, 1.165) is 16.7 Å². The zero-order valence-corrected chi connectivity index (χ0v) is 9.14. The van der Waals surface area contributed by atoms with Gasteiger partial charge in [0.1, 0.15) is 0 Å². The lowest BCUT2D eigenvalue weighted by molar-refractivity contribution is 0.958. The highest BCUT2D eigenvalue weighted by Gasteiger charge is 2.19. The van der Waals surface area contributed by atoms with E-state index in [4.69, 9.17) is 5.26 Å². The molecule has 17 heavy (non-hydrogen) atoms. The van der Waals surface area contributed by atoms with Crippen LogP contribution in [0.25, 0.3) is 10.9 Å². The van der Waals surface area contributed by atoms with Crippen molar-refractivity contribution in [3.63, 3.8) is 0 Å². The van der Waals surface area contributed by atoms with Crippen LogP contribution in [0.1, 0.15) is 11.5 Å². The number of hydrogen-bond donors (Lipinski definition) is 2. The molecule has 0 bridgehead atoms. The monoisotopic (exact) mass is 221 g/mol. The zero-order valence-electron chi connectivity index (χ0n) is 9.14. The second-order valence-electron chi connectivity index (χ2n) is 4.00. The molecule has 82 valence electrons. The highest BCUT2D eigenvalue weighted by Crippen LogP contribution is 2.32. The number of nitrogens with zero attached hydrogens (tertiary/aromatic N) is 1. The Morgan fingerprint density at radius 1 is 1.24 bits per heavy atom. The number of para-hydroxylation sites is 1. The number of nitriles is 1. The van der Waals surface area contributed by atoms with Crippen LogP contribution in [0.2, 0.25) is 0 Å². The van der Waals surface area contributed by atoms with Crippen LogP contribution in [0.4, 0.5) is 0 Å². The summed E-state index contributed by atoms with van der Waals surface area (Å²) < 4.78 is 0. The van der Waals surface area contributed by atoms with Gasteiger partial charge in [0.2, 0.25) is 0 Å². The lowest BCUT2D eigenvalue weighted by Gasteiger charge is -2.14. The molecule has 2 heterocycles. The second kappa shape index (κ2) is 3.84. The molecule has 3 nitrogen and oxygen atoms in total. The third-order valence-corrected chi connectivity index (χ3v) is 3.04. The van der Waals surface area contributed by atoms with Crippen molar-refractivity contribution in [3.8, 4) is 6.07 Å². The summed E-state index contributed by atoms with van der Waals surface area (Å²) in [7, 11) is 0. The van der Waals surface area contributed by atoms with Crippen molar-refractivity contribution in [3.05, 3.63) is 60.1 Å². The minimum atomic E-state index is 0.0393. The van der Waals surface area contributed by atoms with Crippen LogP contribution >= 0.6 is 0 Å². The standard InChI is InChI=1S/C14H11N3/c15-7-10-8-16-6-5-11(10)13-9-17-14-4-2-1-3-12(13)14/h1-6,8-9,11,16-17H. The third-order valence-electron chi connectivity index (χ3n) is 3.04. The Hall–Kier alpha value is -2.47. The molecule has 1 unspecified atom stereocenters. The molecule has 0 saturated heterocycles. The van der Waals surface area contributed by atoms with Crippen molar-refractivity contribution in [1.82, 2.24) is 10.3 Å².